The van der Waals surface area contributed by atoms with Gasteiger partial charge in [-0.15, -0.1) is 0 Å². The molecule has 1 unspecified atom stereocenters. The second-order valence-electron chi connectivity index (χ2n) is 6.61. The lowest BCUT2D eigenvalue weighted by Gasteiger charge is -2.18. The Balaban J connectivity index is 1.52. The summed E-state index contributed by atoms with van der Waals surface area (Å²) in [4.78, 5) is 33.4. The zero-order valence-electron chi connectivity index (χ0n) is 17.8. The van der Waals surface area contributed by atoms with Crippen molar-refractivity contribution in [2.24, 2.45) is 0 Å². The molecule has 33 heavy (non-hydrogen) atoms. The number of methoxy groups -OCH3 is 1. The highest BCUT2D eigenvalue weighted by Gasteiger charge is 2.26. The first-order valence-corrected chi connectivity index (χ1v) is 11.5. The van der Waals surface area contributed by atoms with Gasteiger partial charge in [0.1, 0.15) is 0 Å². The monoisotopic (exact) mass is 481 g/mol. The Kier molecular flexibility index (Phi) is 8.55. The fourth-order valence-electron chi connectivity index (χ4n) is 2.70. The number of imidazole rings is 1. The first kappa shape index (κ1) is 24.4. The Morgan fingerprint density at radius 2 is 2.00 bits per heavy atom. The third-order valence-electron chi connectivity index (χ3n) is 4.34. The van der Waals surface area contributed by atoms with Crippen LogP contribution in [0.2, 0.25) is 0 Å². The standard InChI is InChI=1S/C19H24N5O8P/c1-28-19(26)30-13-32-33(27,31-11-14-5-3-2-4-6-14)10-9-29-8-7-24-12-21-15-16(24)22-18(20)23-17(15)25/h2-6,12H,7-11,13H2,1H3,(H3,20,22,23,25). The average molecular weight is 481 g/mol. The first-order valence-electron chi connectivity index (χ1n) is 9.81. The highest BCUT2D eigenvalue weighted by molar-refractivity contribution is 7.53. The molecule has 0 spiro atoms. The van der Waals surface area contributed by atoms with Gasteiger partial charge in [-0.05, 0) is 5.56 Å². The molecule has 3 rings (SSSR count). The quantitative estimate of drug-likeness (QED) is 0.168. The number of nitrogens with one attached hydrogen (secondary N) is 1. The van der Waals surface area contributed by atoms with E-state index >= 15 is 0 Å². The number of rotatable bonds is 12. The van der Waals surface area contributed by atoms with Gasteiger partial charge in [-0.25, -0.2) is 9.78 Å². The third kappa shape index (κ3) is 7.12. The first-order chi connectivity index (χ1) is 15.9. The van der Waals surface area contributed by atoms with Crippen molar-refractivity contribution >= 4 is 30.9 Å². The van der Waals surface area contributed by atoms with Crippen molar-refractivity contribution in [3.05, 3.63) is 52.6 Å². The molecule has 3 aromatic rings. The van der Waals surface area contributed by atoms with Crippen LogP contribution in [-0.4, -0.2) is 59.0 Å². The minimum absolute atomic E-state index is 0.0157. The summed E-state index contributed by atoms with van der Waals surface area (Å²) in [5.41, 5.74) is 6.45. The van der Waals surface area contributed by atoms with E-state index in [9.17, 15) is 14.2 Å². The van der Waals surface area contributed by atoms with Crippen LogP contribution in [0.25, 0.3) is 11.2 Å². The second-order valence-corrected chi connectivity index (χ2v) is 8.80. The number of carbonyl (C=O) groups excluding carboxylic acids is 1. The van der Waals surface area contributed by atoms with Crippen LogP contribution in [0.4, 0.5) is 10.7 Å². The fraction of sp³-hybridized carbons (Fsp3) is 0.368. The number of carbonyl (C=O) groups is 1. The van der Waals surface area contributed by atoms with Crippen LogP contribution in [0.1, 0.15) is 5.56 Å². The largest absolute Gasteiger partial charge is 0.510 e. The maximum atomic E-state index is 13.1. The molecule has 2 aromatic heterocycles. The summed E-state index contributed by atoms with van der Waals surface area (Å²) in [7, 11) is -2.51. The lowest BCUT2D eigenvalue weighted by Crippen LogP contribution is -2.14. The zero-order valence-corrected chi connectivity index (χ0v) is 18.7. The molecule has 178 valence electrons. The molecule has 0 aliphatic carbocycles. The SMILES string of the molecule is COC(=O)OCOP(=O)(CCOCCn1cnc2c(=O)[nH]c(N)nc21)OCc1ccccc1. The van der Waals surface area contributed by atoms with Gasteiger partial charge in [-0.2, -0.15) is 4.98 Å². The number of anilines is 1. The average Bonchev–Trinajstić information content (AvgIpc) is 3.21. The molecule has 2 heterocycles. The van der Waals surface area contributed by atoms with Gasteiger partial charge in [0.15, 0.2) is 11.2 Å². The summed E-state index contributed by atoms with van der Waals surface area (Å²) in [5.74, 6) is -0.0157. The Bertz CT molecular complexity index is 1170. The van der Waals surface area contributed by atoms with Crippen molar-refractivity contribution in [3.8, 4) is 0 Å². The summed E-state index contributed by atoms with van der Waals surface area (Å²) in [6, 6.07) is 9.12. The molecule has 0 aliphatic heterocycles. The van der Waals surface area contributed by atoms with Crippen LogP contribution < -0.4 is 11.3 Å². The Hall–Kier alpha value is -3.25. The number of hydrogen-bond acceptors (Lipinski definition) is 11. The van der Waals surface area contributed by atoms with Crippen LogP contribution >= 0.6 is 7.60 Å². The van der Waals surface area contributed by atoms with E-state index in [2.05, 4.69) is 24.4 Å². The van der Waals surface area contributed by atoms with E-state index in [-0.39, 0.29) is 37.4 Å². The van der Waals surface area contributed by atoms with Crippen molar-refractivity contribution in [3.63, 3.8) is 0 Å². The molecule has 0 radical (unpaired) electrons. The van der Waals surface area contributed by atoms with Gasteiger partial charge in [0, 0.05) is 6.54 Å². The zero-order chi connectivity index (χ0) is 23.7. The lowest BCUT2D eigenvalue weighted by molar-refractivity contribution is 0.00660. The van der Waals surface area contributed by atoms with Crippen LogP contribution in [0, 0.1) is 0 Å². The van der Waals surface area contributed by atoms with E-state index in [0.29, 0.717) is 12.2 Å². The van der Waals surface area contributed by atoms with Crippen molar-refractivity contribution < 1.29 is 32.6 Å². The molecule has 0 saturated heterocycles. The fourth-order valence-corrected chi connectivity index (χ4v) is 3.95. The molecule has 1 atom stereocenters. The molecular formula is C19H24N5O8P. The van der Waals surface area contributed by atoms with E-state index in [1.165, 1.54) is 6.33 Å². The highest BCUT2D eigenvalue weighted by atomic mass is 31.2. The molecule has 1 aromatic carbocycles. The van der Waals surface area contributed by atoms with E-state index in [0.717, 1.165) is 12.7 Å². The van der Waals surface area contributed by atoms with Crippen molar-refractivity contribution in [2.75, 3.05) is 39.0 Å². The maximum absolute atomic E-state index is 13.1. The van der Waals surface area contributed by atoms with Crippen molar-refractivity contribution in [2.45, 2.75) is 13.2 Å². The summed E-state index contributed by atoms with van der Waals surface area (Å²) in [6.45, 7) is 0.0124. The maximum Gasteiger partial charge on any atom is 0.510 e. The number of H-pyrrole nitrogens is 1. The second kappa shape index (κ2) is 11.6. The summed E-state index contributed by atoms with van der Waals surface area (Å²) >= 11 is 0. The number of ether oxygens (including phenoxy) is 3. The van der Waals surface area contributed by atoms with E-state index in [4.69, 9.17) is 19.5 Å². The molecule has 0 bridgehead atoms. The smallest absolute Gasteiger partial charge is 0.438 e. The van der Waals surface area contributed by atoms with Crippen LogP contribution in [-0.2, 0) is 41.0 Å². The van der Waals surface area contributed by atoms with Gasteiger partial charge < -0.3 is 29.0 Å². The number of benzene rings is 1. The van der Waals surface area contributed by atoms with Gasteiger partial charge in [0.05, 0.1) is 39.4 Å². The Morgan fingerprint density at radius 1 is 1.21 bits per heavy atom. The number of aromatic nitrogens is 4. The summed E-state index contributed by atoms with van der Waals surface area (Å²) in [6.07, 6.45) is 0.401. The topological polar surface area (TPSA) is 170 Å². The molecule has 14 heteroatoms. The predicted molar refractivity (Wildman–Crippen MR) is 117 cm³/mol. The third-order valence-corrected chi connectivity index (χ3v) is 6.09. The highest BCUT2D eigenvalue weighted by Crippen LogP contribution is 2.48. The van der Waals surface area contributed by atoms with E-state index < -0.39 is 26.1 Å². The number of fused-ring (bicyclic) bond motifs is 1. The van der Waals surface area contributed by atoms with Crippen molar-refractivity contribution in [1.82, 2.24) is 19.5 Å². The molecule has 0 saturated carbocycles. The molecule has 13 nitrogen and oxygen atoms in total. The normalized spacial score (nSPS) is 13.0. The lowest BCUT2D eigenvalue weighted by atomic mass is 10.2. The van der Waals surface area contributed by atoms with Crippen LogP contribution in [0.3, 0.4) is 0 Å². The molecule has 0 aliphatic rings. The minimum Gasteiger partial charge on any atom is -0.438 e. The Morgan fingerprint density at radius 3 is 2.76 bits per heavy atom. The Labute approximate surface area is 188 Å². The molecule has 0 amide bonds. The minimum atomic E-state index is -3.66. The number of aromatic amines is 1. The molecular weight excluding hydrogens is 457 g/mol. The molecule has 0 fully saturated rings. The predicted octanol–water partition coefficient (Wildman–Crippen LogP) is 1.89. The van der Waals surface area contributed by atoms with Gasteiger partial charge in [-0.1, -0.05) is 30.3 Å². The molecule has 3 N–H and O–H groups in total. The van der Waals surface area contributed by atoms with Crippen molar-refractivity contribution in [1.29, 1.82) is 0 Å². The van der Waals surface area contributed by atoms with E-state index in [1.807, 2.05) is 30.3 Å². The van der Waals surface area contributed by atoms with Gasteiger partial charge in [0.2, 0.25) is 12.7 Å². The summed E-state index contributed by atoms with van der Waals surface area (Å²) in [5, 5.41) is 0. The van der Waals surface area contributed by atoms with Crippen LogP contribution in [0.15, 0.2) is 41.5 Å². The van der Waals surface area contributed by atoms with Gasteiger partial charge in [-0.3, -0.25) is 18.9 Å². The number of nitrogens with two attached hydrogens (primary N) is 1. The number of hydrogen-bond donors (Lipinski definition) is 2. The summed E-state index contributed by atoms with van der Waals surface area (Å²) < 4.78 is 40.0. The van der Waals surface area contributed by atoms with Crippen LogP contribution in [0.5, 0.6) is 0 Å². The van der Waals surface area contributed by atoms with Gasteiger partial charge >= 0.3 is 13.8 Å². The number of nitrogen functional groups attached to an aromatic ring is 1. The van der Waals surface area contributed by atoms with E-state index in [1.54, 1.807) is 4.57 Å². The number of nitrogens with zero attached hydrogens (tertiary/aromatic N) is 3. The van der Waals surface area contributed by atoms with Gasteiger partial charge in [0.25, 0.3) is 5.56 Å².